The minimum atomic E-state index is -0.449. The van der Waals surface area contributed by atoms with Crippen LogP contribution in [-0.4, -0.2) is 25.0 Å². The molecule has 0 amide bonds. The van der Waals surface area contributed by atoms with Gasteiger partial charge in [-0.25, -0.2) is 0 Å². The minimum absolute atomic E-state index is 0.0758. The summed E-state index contributed by atoms with van der Waals surface area (Å²) in [4.78, 5) is 0. The summed E-state index contributed by atoms with van der Waals surface area (Å²) in [6, 6.07) is 9.50. The van der Waals surface area contributed by atoms with Crippen molar-refractivity contribution in [2.24, 2.45) is 0 Å². The molecule has 3 heteroatoms. The van der Waals surface area contributed by atoms with Crippen LogP contribution in [0.15, 0.2) is 24.3 Å². The van der Waals surface area contributed by atoms with Crippen LogP contribution in [0.3, 0.4) is 0 Å². The molecular formula is C17H25NO2. The van der Waals surface area contributed by atoms with Crippen molar-refractivity contribution in [1.29, 1.82) is 0 Å². The maximum Gasteiger partial charge on any atom is 0.163 e. The molecule has 0 saturated carbocycles. The molecule has 2 aliphatic rings. The third-order valence-corrected chi connectivity index (χ3v) is 4.25. The van der Waals surface area contributed by atoms with Crippen LogP contribution in [-0.2, 0) is 15.9 Å². The van der Waals surface area contributed by atoms with E-state index in [-0.39, 0.29) is 6.10 Å². The van der Waals surface area contributed by atoms with Gasteiger partial charge in [0.15, 0.2) is 5.79 Å². The second kappa shape index (κ2) is 5.84. The molecule has 0 aliphatic carbocycles. The highest BCUT2D eigenvalue weighted by molar-refractivity contribution is 5.25. The van der Waals surface area contributed by atoms with Crippen LogP contribution < -0.4 is 5.32 Å². The summed E-state index contributed by atoms with van der Waals surface area (Å²) < 4.78 is 11.5. The lowest BCUT2D eigenvalue weighted by Gasteiger charge is -2.23. The molecule has 20 heavy (non-hydrogen) atoms. The van der Waals surface area contributed by atoms with Crippen LogP contribution in [0.1, 0.15) is 50.3 Å². The first-order valence-corrected chi connectivity index (χ1v) is 7.76. The van der Waals surface area contributed by atoms with Gasteiger partial charge in [0.1, 0.15) is 6.10 Å². The molecule has 3 rings (SSSR count). The van der Waals surface area contributed by atoms with Gasteiger partial charge >= 0.3 is 0 Å². The molecule has 2 saturated heterocycles. The number of benzene rings is 1. The van der Waals surface area contributed by atoms with Crippen LogP contribution in [0.4, 0.5) is 0 Å². The van der Waals surface area contributed by atoms with E-state index in [4.69, 9.17) is 9.47 Å². The molecule has 1 aromatic carbocycles. The zero-order valence-corrected chi connectivity index (χ0v) is 12.5. The maximum atomic E-state index is 5.89. The first kappa shape index (κ1) is 14.1. The number of hydrogen-bond donors (Lipinski definition) is 1. The maximum absolute atomic E-state index is 5.89. The Balaban J connectivity index is 1.60. The highest BCUT2D eigenvalue weighted by atomic mass is 16.7. The van der Waals surface area contributed by atoms with E-state index in [0.29, 0.717) is 12.6 Å². The van der Waals surface area contributed by atoms with Crippen LogP contribution >= 0.6 is 0 Å². The number of hydrogen-bond acceptors (Lipinski definition) is 3. The molecule has 1 aromatic rings. The molecule has 2 aliphatic heterocycles. The number of nitrogens with one attached hydrogen (secondary N) is 1. The van der Waals surface area contributed by atoms with Gasteiger partial charge in [-0.1, -0.05) is 30.7 Å². The fourth-order valence-corrected chi connectivity index (χ4v) is 3.10. The Bertz CT molecular complexity index is 435. The van der Waals surface area contributed by atoms with E-state index >= 15 is 0 Å². The average molecular weight is 275 g/mol. The Labute approximate surface area is 121 Å². The van der Waals surface area contributed by atoms with Crippen molar-refractivity contribution in [1.82, 2.24) is 5.32 Å². The topological polar surface area (TPSA) is 30.5 Å². The third-order valence-electron chi connectivity index (χ3n) is 4.25. The lowest BCUT2D eigenvalue weighted by Crippen LogP contribution is -2.35. The van der Waals surface area contributed by atoms with Gasteiger partial charge in [0.2, 0.25) is 0 Å². The van der Waals surface area contributed by atoms with Gasteiger partial charge in [0.05, 0.1) is 6.61 Å². The second-order valence-corrected chi connectivity index (χ2v) is 6.41. The normalized spacial score (nSPS) is 29.5. The van der Waals surface area contributed by atoms with Crippen LogP contribution in [0.25, 0.3) is 0 Å². The van der Waals surface area contributed by atoms with E-state index in [2.05, 4.69) is 29.6 Å². The van der Waals surface area contributed by atoms with E-state index in [1.165, 1.54) is 36.9 Å². The second-order valence-electron chi connectivity index (χ2n) is 6.41. The van der Waals surface area contributed by atoms with Gasteiger partial charge in [-0.3, -0.25) is 0 Å². The van der Waals surface area contributed by atoms with E-state index in [9.17, 15) is 0 Å². The molecule has 110 valence electrons. The van der Waals surface area contributed by atoms with E-state index in [1.54, 1.807) is 0 Å². The predicted octanol–water partition coefficient (Wildman–Crippen LogP) is 3.20. The van der Waals surface area contributed by atoms with Gasteiger partial charge in [-0.15, -0.1) is 0 Å². The number of ether oxygens (including phenoxy) is 2. The molecule has 0 spiro atoms. The monoisotopic (exact) mass is 275 g/mol. The first-order valence-electron chi connectivity index (χ1n) is 7.76. The summed E-state index contributed by atoms with van der Waals surface area (Å²) in [5, 5.41) is 3.60. The molecular weight excluding hydrogens is 250 g/mol. The Kier molecular flexibility index (Phi) is 4.11. The van der Waals surface area contributed by atoms with Crippen molar-refractivity contribution in [3.63, 3.8) is 0 Å². The summed E-state index contributed by atoms with van der Waals surface area (Å²) >= 11 is 0. The van der Waals surface area contributed by atoms with Crippen molar-refractivity contribution in [2.75, 3.05) is 13.2 Å². The van der Waals surface area contributed by atoms with Crippen molar-refractivity contribution in [3.8, 4) is 0 Å². The van der Waals surface area contributed by atoms with Crippen molar-refractivity contribution in [3.05, 3.63) is 35.4 Å². The van der Waals surface area contributed by atoms with Gasteiger partial charge in [0, 0.05) is 6.04 Å². The Hall–Kier alpha value is -0.900. The molecule has 1 N–H and O–H groups in total. The molecule has 2 atom stereocenters. The van der Waals surface area contributed by atoms with Crippen molar-refractivity contribution in [2.45, 2.75) is 57.5 Å². The highest BCUT2D eigenvalue weighted by Gasteiger charge is 2.33. The summed E-state index contributed by atoms with van der Waals surface area (Å²) in [5.74, 6) is -0.449. The van der Waals surface area contributed by atoms with E-state index < -0.39 is 5.79 Å². The van der Waals surface area contributed by atoms with Crippen molar-refractivity contribution < 1.29 is 9.47 Å². The zero-order valence-electron chi connectivity index (χ0n) is 12.5. The average Bonchev–Trinajstić information content (AvgIpc) is 2.81. The molecule has 2 fully saturated rings. The summed E-state index contributed by atoms with van der Waals surface area (Å²) in [7, 11) is 0. The lowest BCUT2D eigenvalue weighted by atomic mass is 9.97. The van der Waals surface area contributed by atoms with Gasteiger partial charge < -0.3 is 14.8 Å². The van der Waals surface area contributed by atoms with Crippen LogP contribution in [0, 0.1) is 0 Å². The number of piperidine rings is 1. The third kappa shape index (κ3) is 3.40. The van der Waals surface area contributed by atoms with Crippen LogP contribution in [0.5, 0.6) is 0 Å². The van der Waals surface area contributed by atoms with Gasteiger partial charge in [-0.05, 0) is 50.8 Å². The zero-order chi connectivity index (χ0) is 14.0. The highest BCUT2D eigenvalue weighted by Crippen LogP contribution is 2.32. The fraction of sp³-hybridized carbons (Fsp3) is 0.647. The molecule has 3 nitrogen and oxygen atoms in total. The molecule has 2 unspecified atom stereocenters. The largest absolute Gasteiger partial charge is 0.347 e. The Morgan fingerprint density at radius 3 is 2.60 bits per heavy atom. The summed E-state index contributed by atoms with van der Waals surface area (Å²) in [5.41, 5.74) is 2.63. The van der Waals surface area contributed by atoms with Gasteiger partial charge in [-0.2, -0.15) is 0 Å². The molecule has 0 aromatic heterocycles. The smallest absolute Gasteiger partial charge is 0.163 e. The molecule has 2 heterocycles. The summed E-state index contributed by atoms with van der Waals surface area (Å²) in [6.07, 6.45) is 5.19. The Morgan fingerprint density at radius 1 is 1.20 bits per heavy atom. The van der Waals surface area contributed by atoms with Crippen molar-refractivity contribution >= 4 is 0 Å². The predicted molar refractivity (Wildman–Crippen MR) is 79.6 cm³/mol. The SMILES string of the molecule is CC1(C)OCC(c2ccc(CC3CCCCN3)cc2)O1. The van der Waals surface area contributed by atoms with Gasteiger partial charge in [0.25, 0.3) is 0 Å². The van der Waals surface area contributed by atoms with E-state index in [0.717, 1.165) is 6.42 Å². The molecule has 0 bridgehead atoms. The minimum Gasteiger partial charge on any atom is -0.347 e. The Morgan fingerprint density at radius 2 is 2.00 bits per heavy atom. The van der Waals surface area contributed by atoms with E-state index in [1.807, 2.05) is 13.8 Å². The lowest BCUT2D eigenvalue weighted by molar-refractivity contribution is -0.139. The quantitative estimate of drug-likeness (QED) is 0.919. The molecule has 0 radical (unpaired) electrons. The van der Waals surface area contributed by atoms with Crippen LogP contribution in [0.2, 0.25) is 0 Å². The standard InChI is InChI=1S/C17H25NO2/c1-17(2)19-12-16(20-17)14-8-6-13(7-9-14)11-15-5-3-4-10-18-15/h6-9,15-16,18H,3-5,10-12H2,1-2H3. The first-order chi connectivity index (χ1) is 9.62. The number of rotatable bonds is 3. The summed E-state index contributed by atoms with van der Waals surface area (Å²) in [6.45, 7) is 5.76. The fourth-order valence-electron chi connectivity index (χ4n) is 3.10.